The summed E-state index contributed by atoms with van der Waals surface area (Å²) >= 11 is 1.47. The number of carbonyl (C=O) groups excluding carboxylic acids is 1. The fraction of sp³-hybridized carbons (Fsp3) is 0.240. The van der Waals surface area contributed by atoms with Crippen LogP contribution in [0.2, 0.25) is 0 Å². The monoisotopic (exact) mass is 469 g/mol. The first kappa shape index (κ1) is 20.9. The van der Waals surface area contributed by atoms with E-state index in [1.165, 1.54) is 24.6 Å². The zero-order valence-corrected chi connectivity index (χ0v) is 19.2. The van der Waals surface area contributed by atoms with Gasteiger partial charge in [0.1, 0.15) is 5.82 Å². The first-order valence-corrected chi connectivity index (χ1v) is 12.2. The number of amides is 1. The van der Waals surface area contributed by atoms with Gasteiger partial charge < -0.3 is 10.6 Å². The Kier molecular flexibility index (Phi) is 5.46. The van der Waals surface area contributed by atoms with Crippen molar-refractivity contribution < 1.29 is 4.79 Å². The number of hydrogen-bond donors (Lipinski definition) is 3. The molecule has 0 atom stereocenters. The average Bonchev–Trinajstić information content (AvgIpc) is 3.79. The molecule has 34 heavy (non-hydrogen) atoms. The number of benzene rings is 2. The summed E-state index contributed by atoms with van der Waals surface area (Å²) in [5.74, 6) is 2.94. The molecule has 4 aromatic rings. The molecule has 2 aromatic heterocycles. The van der Waals surface area contributed by atoms with Crippen LogP contribution in [-0.4, -0.2) is 31.1 Å². The van der Waals surface area contributed by atoms with Crippen molar-refractivity contribution in [3.05, 3.63) is 77.7 Å². The maximum Gasteiger partial charge on any atom is 0.255 e. The molecule has 0 spiro atoms. The van der Waals surface area contributed by atoms with Crippen LogP contribution in [0.4, 0.5) is 17.5 Å². The van der Waals surface area contributed by atoms with Gasteiger partial charge in [0.15, 0.2) is 11.0 Å². The number of carbonyl (C=O) groups is 1. The summed E-state index contributed by atoms with van der Waals surface area (Å²) in [4.78, 5) is 27.3. The molecule has 2 heterocycles. The van der Waals surface area contributed by atoms with Gasteiger partial charge >= 0.3 is 0 Å². The average molecular weight is 470 g/mol. The summed E-state index contributed by atoms with van der Waals surface area (Å²) in [6, 6.07) is 18.9. The highest BCUT2D eigenvalue weighted by atomic mass is 32.2. The Morgan fingerprint density at radius 2 is 1.68 bits per heavy atom. The predicted molar refractivity (Wildman–Crippen MR) is 131 cm³/mol. The van der Waals surface area contributed by atoms with Crippen LogP contribution in [0.5, 0.6) is 0 Å². The highest BCUT2D eigenvalue weighted by molar-refractivity contribution is 7.99. The van der Waals surface area contributed by atoms with Gasteiger partial charge in [-0.05, 0) is 73.8 Å². The van der Waals surface area contributed by atoms with Crippen LogP contribution in [0.3, 0.4) is 0 Å². The lowest BCUT2D eigenvalue weighted by Crippen LogP contribution is -2.11. The lowest BCUT2D eigenvalue weighted by molar-refractivity contribution is 0.102. The second-order valence-corrected chi connectivity index (χ2v) is 9.67. The number of H-pyrrole nitrogens is 1. The van der Waals surface area contributed by atoms with Crippen LogP contribution in [0.25, 0.3) is 0 Å². The van der Waals surface area contributed by atoms with Crippen LogP contribution in [0, 0.1) is 0 Å². The number of hydrogen-bond acceptors (Lipinski definition) is 7. The lowest BCUT2D eigenvalue weighted by atomic mass is 10.2. The number of nitrogens with zero attached hydrogens (tertiary/aromatic N) is 4. The molecule has 1 amide bonds. The van der Waals surface area contributed by atoms with E-state index in [-0.39, 0.29) is 5.91 Å². The molecule has 0 radical (unpaired) electrons. The van der Waals surface area contributed by atoms with Gasteiger partial charge in [-0.15, -0.1) is 0 Å². The fourth-order valence-corrected chi connectivity index (χ4v) is 4.38. The summed E-state index contributed by atoms with van der Waals surface area (Å²) in [5.41, 5.74) is 2.52. The van der Waals surface area contributed by atoms with Crippen molar-refractivity contribution in [3.8, 4) is 0 Å². The third kappa shape index (κ3) is 4.94. The quantitative estimate of drug-likeness (QED) is 0.313. The summed E-state index contributed by atoms with van der Waals surface area (Å²) in [6.07, 6.45) is 4.65. The predicted octanol–water partition coefficient (Wildman–Crippen LogP) is 5.50. The fourth-order valence-electron chi connectivity index (χ4n) is 3.62. The molecule has 170 valence electrons. The largest absolute Gasteiger partial charge is 0.322 e. The molecule has 2 aliphatic carbocycles. The number of aromatic amines is 1. The van der Waals surface area contributed by atoms with Gasteiger partial charge in [-0.3, -0.25) is 9.89 Å². The number of anilines is 3. The van der Waals surface area contributed by atoms with Gasteiger partial charge in [0.2, 0.25) is 5.95 Å². The molecule has 0 saturated heterocycles. The Labute approximate surface area is 201 Å². The molecule has 2 aromatic carbocycles. The summed E-state index contributed by atoms with van der Waals surface area (Å²) in [7, 11) is 0. The van der Waals surface area contributed by atoms with Crippen LogP contribution in [0.1, 0.15) is 59.4 Å². The zero-order valence-electron chi connectivity index (χ0n) is 18.4. The van der Waals surface area contributed by atoms with E-state index < -0.39 is 0 Å². The molecular weight excluding hydrogens is 446 g/mol. The van der Waals surface area contributed by atoms with Crippen molar-refractivity contribution in [2.24, 2.45) is 0 Å². The maximum absolute atomic E-state index is 12.4. The first-order valence-electron chi connectivity index (χ1n) is 11.4. The molecule has 0 aliphatic heterocycles. The lowest BCUT2D eigenvalue weighted by Gasteiger charge is -2.08. The molecule has 6 rings (SSSR count). The number of nitrogens with one attached hydrogen (secondary N) is 3. The van der Waals surface area contributed by atoms with E-state index in [4.69, 9.17) is 0 Å². The molecule has 0 bridgehead atoms. The zero-order chi connectivity index (χ0) is 22.9. The van der Waals surface area contributed by atoms with Gasteiger partial charge in [0.05, 0.1) is 0 Å². The van der Waals surface area contributed by atoms with E-state index in [0.29, 0.717) is 28.5 Å². The topological polar surface area (TPSA) is 108 Å². The van der Waals surface area contributed by atoms with Crippen molar-refractivity contribution in [1.29, 1.82) is 0 Å². The smallest absolute Gasteiger partial charge is 0.255 e. The maximum atomic E-state index is 12.4. The van der Waals surface area contributed by atoms with Crippen molar-refractivity contribution in [3.63, 3.8) is 0 Å². The Bertz CT molecular complexity index is 1310. The number of aromatic nitrogens is 5. The first-order chi connectivity index (χ1) is 16.7. The molecule has 3 N–H and O–H groups in total. The van der Waals surface area contributed by atoms with Gasteiger partial charge in [0, 0.05) is 39.7 Å². The third-order valence-electron chi connectivity index (χ3n) is 5.79. The summed E-state index contributed by atoms with van der Waals surface area (Å²) in [6.45, 7) is 0. The second kappa shape index (κ2) is 8.90. The minimum absolute atomic E-state index is 0.133. The second-order valence-electron chi connectivity index (χ2n) is 8.63. The minimum atomic E-state index is -0.133. The molecule has 2 aliphatic rings. The molecule has 2 saturated carbocycles. The third-order valence-corrected chi connectivity index (χ3v) is 6.66. The Balaban J connectivity index is 1.16. The highest BCUT2D eigenvalue weighted by Gasteiger charge is 2.28. The summed E-state index contributed by atoms with van der Waals surface area (Å²) in [5, 5.41) is 14.3. The SMILES string of the molecule is O=C(Nc1ccc(Sc2nc(Nc3cc(C4CC4)[nH]n3)nc(C3CC3)n2)cc1)c1ccccc1. The Morgan fingerprint density at radius 3 is 2.41 bits per heavy atom. The van der Waals surface area contributed by atoms with E-state index in [1.54, 1.807) is 12.1 Å². The summed E-state index contributed by atoms with van der Waals surface area (Å²) < 4.78 is 0. The molecule has 0 unspecified atom stereocenters. The van der Waals surface area contributed by atoms with E-state index in [9.17, 15) is 4.79 Å². The number of rotatable bonds is 8. The molecule has 8 nitrogen and oxygen atoms in total. The van der Waals surface area contributed by atoms with Crippen molar-refractivity contribution in [2.45, 2.75) is 47.6 Å². The standard InChI is InChI=1S/C25H23N7OS/c33-23(17-4-2-1-3-5-17)26-18-10-12-19(13-11-18)34-25-29-22(16-8-9-16)28-24(30-25)27-21-14-20(31-32-21)15-6-7-15/h1-5,10-16H,6-9H2,(H,26,33)(H2,27,28,29,30,31,32). The normalized spacial score (nSPS) is 15.2. The van der Waals surface area contributed by atoms with E-state index in [2.05, 4.69) is 35.8 Å². The Morgan fingerprint density at radius 1 is 0.912 bits per heavy atom. The van der Waals surface area contributed by atoms with Crippen LogP contribution in [0.15, 0.2) is 70.7 Å². The van der Waals surface area contributed by atoms with Crippen LogP contribution < -0.4 is 10.6 Å². The highest BCUT2D eigenvalue weighted by Crippen LogP contribution is 2.41. The van der Waals surface area contributed by atoms with Gasteiger partial charge in [-0.1, -0.05) is 18.2 Å². The molecular formula is C25H23N7OS. The van der Waals surface area contributed by atoms with Crippen molar-refractivity contribution in [2.75, 3.05) is 10.6 Å². The molecule has 2 fully saturated rings. The van der Waals surface area contributed by atoms with Gasteiger partial charge in [-0.25, -0.2) is 4.98 Å². The van der Waals surface area contributed by atoms with E-state index >= 15 is 0 Å². The molecule has 9 heteroatoms. The Hall–Kier alpha value is -3.72. The van der Waals surface area contributed by atoms with E-state index in [1.807, 2.05) is 48.5 Å². The van der Waals surface area contributed by atoms with Crippen molar-refractivity contribution in [1.82, 2.24) is 25.1 Å². The van der Waals surface area contributed by atoms with Gasteiger partial charge in [0.25, 0.3) is 5.91 Å². The minimum Gasteiger partial charge on any atom is -0.322 e. The van der Waals surface area contributed by atoms with Crippen LogP contribution in [-0.2, 0) is 0 Å². The van der Waals surface area contributed by atoms with Crippen molar-refractivity contribution >= 4 is 35.1 Å². The van der Waals surface area contributed by atoms with Crippen LogP contribution >= 0.6 is 11.8 Å². The van der Waals surface area contributed by atoms with E-state index in [0.717, 1.165) is 40.8 Å². The van der Waals surface area contributed by atoms with Gasteiger partial charge in [-0.2, -0.15) is 15.1 Å².